The minimum Gasteiger partial charge on any atom is -0.390 e. The Balaban J connectivity index is 2.05. The normalized spacial score (nSPS) is 36.6. The van der Waals surface area contributed by atoms with Crippen molar-refractivity contribution >= 4 is 9.84 Å². The van der Waals surface area contributed by atoms with Gasteiger partial charge in [-0.25, -0.2) is 8.42 Å². The molecule has 0 bridgehead atoms. The SMILES string of the molecule is CC(C)N1CCCC(O)(C2CCCC(S(C)(=O)=O)C2)CC1. The van der Waals surface area contributed by atoms with Crippen molar-refractivity contribution in [3.05, 3.63) is 0 Å². The van der Waals surface area contributed by atoms with Crippen LogP contribution in [-0.2, 0) is 9.84 Å². The molecule has 0 radical (unpaired) electrons. The summed E-state index contributed by atoms with van der Waals surface area (Å²) in [6.45, 7) is 6.37. The number of likely N-dealkylation sites (tertiary alicyclic amines) is 1. The summed E-state index contributed by atoms with van der Waals surface area (Å²) in [4.78, 5) is 2.43. The van der Waals surface area contributed by atoms with Crippen molar-refractivity contribution in [2.75, 3.05) is 19.3 Å². The van der Waals surface area contributed by atoms with E-state index in [2.05, 4.69) is 18.7 Å². The van der Waals surface area contributed by atoms with Gasteiger partial charge < -0.3 is 10.0 Å². The standard InChI is InChI=1S/C16H31NO3S/c1-13(2)17-10-5-8-16(18,9-11-17)14-6-4-7-15(12-14)21(3,19)20/h13-15,18H,4-12H2,1-3H3. The average Bonchev–Trinajstić information content (AvgIpc) is 2.61. The number of aliphatic hydroxyl groups is 1. The summed E-state index contributed by atoms with van der Waals surface area (Å²) in [6.07, 6.45) is 7.28. The van der Waals surface area contributed by atoms with Gasteiger partial charge in [0.15, 0.2) is 0 Å². The van der Waals surface area contributed by atoms with Crippen LogP contribution in [0.2, 0.25) is 0 Å². The number of nitrogens with zero attached hydrogens (tertiary/aromatic N) is 1. The Hall–Kier alpha value is -0.130. The molecule has 3 atom stereocenters. The van der Waals surface area contributed by atoms with Crippen LogP contribution in [0.25, 0.3) is 0 Å². The third-order valence-electron chi connectivity index (χ3n) is 5.61. The Morgan fingerprint density at radius 1 is 1.14 bits per heavy atom. The van der Waals surface area contributed by atoms with E-state index in [0.29, 0.717) is 12.5 Å². The molecule has 1 aliphatic heterocycles. The van der Waals surface area contributed by atoms with Gasteiger partial charge in [-0.1, -0.05) is 6.42 Å². The van der Waals surface area contributed by atoms with E-state index < -0.39 is 15.4 Å². The Bertz CT molecular complexity index is 448. The van der Waals surface area contributed by atoms with Crippen molar-refractivity contribution in [2.45, 2.75) is 75.7 Å². The molecule has 2 rings (SSSR count). The van der Waals surface area contributed by atoms with Gasteiger partial charge in [-0.05, 0) is 64.8 Å². The molecule has 124 valence electrons. The molecule has 2 fully saturated rings. The molecule has 1 N–H and O–H groups in total. The maximum atomic E-state index is 11.8. The predicted molar refractivity (Wildman–Crippen MR) is 86.1 cm³/mol. The fraction of sp³-hybridized carbons (Fsp3) is 1.00. The molecule has 1 saturated carbocycles. The van der Waals surface area contributed by atoms with Crippen molar-refractivity contribution < 1.29 is 13.5 Å². The second kappa shape index (κ2) is 6.55. The molecular weight excluding hydrogens is 286 g/mol. The summed E-state index contributed by atoms with van der Waals surface area (Å²) >= 11 is 0. The van der Waals surface area contributed by atoms with E-state index >= 15 is 0 Å². The third kappa shape index (κ3) is 4.20. The molecule has 0 aromatic carbocycles. The summed E-state index contributed by atoms with van der Waals surface area (Å²) < 4.78 is 23.7. The predicted octanol–water partition coefficient (Wildman–Crippen LogP) is 2.22. The lowest BCUT2D eigenvalue weighted by Gasteiger charge is -2.40. The number of hydrogen-bond donors (Lipinski definition) is 1. The van der Waals surface area contributed by atoms with E-state index in [1.54, 1.807) is 0 Å². The lowest BCUT2D eigenvalue weighted by atomic mass is 9.73. The lowest BCUT2D eigenvalue weighted by Crippen LogP contribution is -2.44. The average molecular weight is 317 g/mol. The molecule has 5 heteroatoms. The van der Waals surface area contributed by atoms with Crippen LogP contribution in [0.1, 0.15) is 58.8 Å². The topological polar surface area (TPSA) is 57.6 Å². The van der Waals surface area contributed by atoms with Gasteiger partial charge in [0.1, 0.15) is 9.84 Å². The molecule has 4 nitrogen and oxygen atoms in total. The summed E-state index contributed by atoms with van der Waals surface area (Å²) in [6, 6.07) is 0.516. The molecule has 1 heterocycles. The molecule has 0 aromatic rings. The van der Waals surface area contributed by atoms with Gasteiger partial charge in [0.2, 0.25) is 0 Å². The van der Waals surface area contributed by atoms with Gasteiger partial charge in [-0.3, -0.25) is 0 Å². The molecular formula is C16H31NO3S. The Morgan fingerprint density at radius 2 is 1.86 bits per heavy atom. The molecule has 2 aliphatic rings. The quantitative estimate of drug-likeness (QED) is 0.867. The first kappa shape index (κ1) is 17.2. The van der Waals surface area contributed by atoms with Gasteiger partial charge in [0.05, 0.1) is 10.9 Å². The maximum Gasteiger partial charge on any atom is 0.150 e. The van der Waals surface area contributed by atoms with Crippen LogP contribution in [0, 0.1) is 5.92 Å². The van der Waals surface area contributed by atoms with E-state index in [1.165, 1.54) is 6.26 Å². The first-order valence-corrected chi connectivity index (χ1v) is 10.3. The van der Waals surface area contributed by atoms with Crippen LogP contribution in [0.4, 0.5) is 0 Å². The van der Waals surface area contributed by atoms with E-state index in [0.717, 1.165) is 51.6 Å². The number of hydrogen-bond acceptors (Lipinski definition) is 4. The van der Waals surface area contributed by atoms with Crippen molar-refractivity contribution in [3.63, 3.8) is 0 Å². The molecule has 1 saturated heterocycles. The number of rotatable bonds is 3. The molecule has 0 aromatic heterocycles. The van der Waals surface area contributed by atoms with Crippen LogP contribution >= 0.6 is 0 Å². The second-order valence-corrected chi connectivity index (χ2v) is 9.73. The van der Waals surface area contributed by atoms with Crippen LogP contribution in [0.5, 0.6) is 0 Å². The molecule has 1 aliphatic carbocycles. The highest BCUT2D eigenvalue weighted by Crippen LogP contribution is 2.40. The van der Waals surface area contributed by atoms with Crippen molar-refractivity contribution in [1.29, 1.82) is 0 Å². The molecule has 0 amide bonds. The first-order valence-electron chi connectivity index (χ1n) is 8.38. The Kier molecular flexibility index (Phi) is 5.37. The summed E-state index contributed by atoms with van der Waals surface area (Å²) in [5.74, 6) is 0.151. The van der Waals surface area contributed by atoms with Crippen molar-refractivity contribution in [3.8, 4) is 0 Å². The number of sulfone groups is 1. The van der Waals surface area contributed by atoms with E-state index in [4.69, 9.17) is 0 Å². The van der Waals surface area contributed by atoms with Crippen molar-refractivity contribution in [2.24, 2.45) is 5.92 Å². The Morgan fingerprint density at radius 3 is 2.48 bits per heavy atom. The summed E-state index contributed by atoms with van der Waals surface area (Å²) in [5.41, 5.74) is -0.660. The van der Waals surface area contributed by atoms with Crippen LogP contribution in [-0.4, -0.2) is 54.7 Å². The van der Waals surface area contributed by atoms with Gasteiger partial charge in [0, 0.05) is 18.8 Å². The van der Waals surface area contributed by atoms with Gasteiger partial charge in [-0.2, -0.15) is 0 Å². The highest BCUT2D eigenvalue weighted by molar-refractivity contribution is 7.91. The summed E-state index contributed by atoms with van der Waals surface area (Å²) in [7, 11) is -2.98. The monoisotopic (exact) mass is 317 g/mol. The second-order valence-electron chi connectivity index (χ2n) is 7.40. The largest absolute Gasteiger partial charge is 0.390 e. The lowest BCUT2D eigenvalue weighted by molar-refractivity contribution is -0.0442. The fourth-order valence-electron chi connectivity index (χ4n) is 4.11. The van der Waals surface area contributed by atoms with Crippen LogP contribution in [0.3, 0.4) is 0 Å². The van der Waals surface area contributed by atoms with E-state index in [1.807, 2.05) is 0 Å². The highest BCUT2D eigenvalue weighted by Gasteiger charge is 2.42. The Labute approximate surface area is 129 Å². The minimum atomic E-state index is -2.98. The summed E-state index contributed by atoms with van der Waals surface area (Å²) in [5, 5.41) is 10.9. The fourth-order valence-corrected chi connectivity index (χ4v) is 5.29. The molecule has 0 spiro atoms. The third-order valence-corrected chi connectivity index (χ3v) is 7.25. The van der Waals surface area contributed by atoms with Gasteiger partial charge in [-0.15, -0.1) is 0 Å². The zero-order valence-corrected chi connectivity index (χ0v) is 14.5. The van der Waals surface area contributed by atoms with E-state index in [9.17, 15) is 13.5 Å². The van der Waals surface area contributed by atoms with E-state index in [-0.39, 0.29) is 11.2 Å². The van der Waals surface area contributed by atoms with Crippen LogP contribution in [0.15, 0.2) is 0 Å². The van der Waals surface area contributed by atoms with Crippen molar-refractivity contribution in [1.82, 2.24) is 4.90 Å². The van der Waals surface area contributed by atoms with Crippen LogP contribution < -0.4 is 0 Å². The van der Waals surface area contributed by atoms with Gasteiger partial charge >= 0.3 is 0 Å². The van der Waals surface area contributed by atoms with Gasteiger partial charge in [0.25, 0.3) is 0 Å². The zero-order chi connectivity index (χ0) is 15.7. The highest BCUT2D eigenvalue weighted by atomic mass is 32.2. The molecule has 3 unspecified atom stereocenters. The minimum absolute atomic E-state index is 0.151. The molecule has 21 heavy (non-hydrogen) atoms. The smallest absolute Gasteiger partial charge is 0.150 e. The first-order chi connectivity index (χ1) is 9.72. The zero-order valence-electron chi connectivity index (χ0n) is 13.7. The maximum absolute atomic E-state index is 11.8.